The molecule has 0 aliphatic heterocycles. The number of aromatic nitrogens is 3. The van der Waals surface area contributed by atoms with Crippen LogP contribution in [-0.4, -0.2) is 27.4 Å². The van der Waals surface area contributed by atoms with Gasteiger partial charge in [0.2, 0.25) is 0 Å². The number of anilines is 1. The fourth-order valence-corrected chi connectivity index (χ4v) is 2.35. The van der Waals surface area contributed by atoms with Crippen LogP contribution in [0, 0.1) is 0 Å². The third-order valence-corrected chi connectivity index (χ3v) is 3.46. The van der Waals surface area contributed by atoms with Gasteiger partial charge in [0.15, 0.2) is 5.82 Å². The Morgan fingerprint density at radius 1 is 1.16 bits per heavy atom. The van der Waals surface area contributed by atoms with Crippen LogP contribution in [0.25, 0.3) is 5.69 Å². The van der Waals surface area contributed by atoms with Crippen molar-refractivity contribution in [3.8, 4) is 11.4 Å². The summed E-state index contributed by atoms with van der Waals surface area (Å²) in [6, 6.07) is 16.6. The first-order valence-corrected chi connectivity index (χ1v) is 7.98. The Labute approximate surface area is 145 Å². The molecule has 0 spiro atoms. The Morgan fingerprint density at radius 2 is 2.00 bits per heavy atom. The zero-order chi connectivity index (χ0) is 17.5. The molecule has 2 amide bonds. The summed E-state index contributed by atoms with van der Waals surface area (Å²) in [5.41, 5.74) is 1.60. The molecule has 7 nitrogen and oxygen atoms in total. The van der Waals surface area contributed by atoms with Gasteiger partial charge in [0.05, 0.1) is 13.2 Å². The Morgan fingerprint density at radius 3 is 2.80 bits per heavy atom. The summed E-state index contributed by atoms with van der Waals surface area (Å²) in [7, 11) is 0. The van der Waals surface area contributed by atoms with Crippen LogP contribution in [0.5, 0.6) is 5.75 Å². The van der Waals surface area contributed by atoms with E-state index in [0.29, 0.717) is 23.9 Å². The summed E-state index contributed by atoms with van der Waals surface area (Å²) in [5, 5.41) is 13.5. The van der Waals surface area contributed by atoms with Crippen LogP contribution in [0.2, 0.25) is 0 Å². The first-order valence-electron chi connectivity index (χ1n) is 7.98. The summed E-state index contributed by atoms with van der Waals surface area (Å²) in [6.07, 6.45) is 1.62. The number of rotatable bonds is 6. The number of carbonyl (C=O) groups is 1. The van der Waals surface area contributed by atoms with Crippen LogP contribution in [0.3, 0.4) is 0 Å². The molecule has 25 heavy (non-hydrogen) atoms. The van der Waals surface area contributed by atoms with Gasteiger partial charge >= 0.3 is 6.03 Å². The summed E-state index contributed by atoms with van der Waals surface area (Å²) < 4.78 is 7.25. The molecular weight excluding hydrogens is 318 g/mol. The average Bonchev–Trinajstić information content (AvgIpc) is 3.10. The van der Waals surface area contributed by atoms with E-state index >= 15 is 0 Å². The molecule has 0 aliphatic carbocycles. The van der Waals surface area contributed by atoms with Crippen molar-refractivity contribution in [1.29, 1.82) is 0 Å². The summed E-state index contributed by atoms with van der Waals surface area (Å²) in [6.45, 7) is 2.74. The molecule has 0 radical (unpaired) electrons. The molecule has 0 saturated heterocycles. The van der Waals surface area contributed by atoms with Crippen LogP contribution in [0.1, 0.15) is 12.7 Å². The van der Waals surface area contributed by atoms with E-state index < -0.39 is 0 Å². The van der Waals surface area contributed by atoms with Crippen LogP contribution in [-0.2, 0) is 6.54 Å². The van der Waals surface area contributed by atoms with E-state index in [1.165, 1.54) is 0 Å². The summed E-state index contributed by atoms with van der Waals surface area (Å²) in [5.74, 6) is 1.36. The number of nitrogens with one attached hydrogen (secondary N) is 2. The van der Waals surface area contributed by atoms with Gasteiger partial charge in [0.25, 0.3) is 0 Å². The van der Waals surface area contributed by atoms with E-state index in [-0.39, 0.29) is 12.6 Å². The molecule has 0 fully saturated rings. The third kappa shape index (κ3) is 4.35. The molecular formula is C18H19N5O2. The molecule has 128 valence electrons. The SMILES string of the molecule is CCOc1cccc(NC(=O)NCc2nncn2-c2ccccc2)c1. The van der Waals surface area contributed by atoms with Crippen molar-refractivity contribution < 1.29 is 9.53 Å². The molecule has 0 atom stereocenters. The molecule has 3 aromatic rings. The second-order valence-electron chi connectivity index (χ2n) is 5.22. The average molecular weight is 337 g/mol. The molecule has 3 rings (SSSR count). The van der Waals surface area contributed by atoms with E-state index in [1.54, 1.807) is 18.5 Å². The number of para-hydroxylation sites is 1. The topological polar surface area (TPSA) is 81.1 Å². The predicted octanol–water partition coefficient (Wildman–Crippen LogP) is 2.99. The van der Waals surface area contributed by atoms with Gasteiger partial charge in [-0.1, -0.05) is 24.3 Å². The van der Waals surface area contributed by atoms with E-state index in [1.807, 2.05) is 54.0 Å². The van der Waals surface area contributed by atoms with Crippen molar-refractivity contribution in [3.05, 3.63) is 66.7 Å². The standard InChI is InChI=1S/C18H19N5O2/c1-2-25-16-10-6-7-14(11-16)21-18(24)19-12-17-22-20-13-23(17)15-8-4-3-5-9-15/h3-11,13H,2,12H2,1H3,(H2,19,21,24). The summed E-state index contributed by atoms with van der Waals surface area (Å²) in [4.78, 5) is 12.1. The smallest absolute Gasteiger partial charge is 0.319 e. The number of urea groups is 1. The Hall–Kier alpha value is -3.35. The van der Waals surface area contributed by atoms with Crippen molar-refractivity contribution in [3.63, 3.8) is 0 Å². The fourth-order valence-electron chi connectivity index (χ4n) is 2.35. The first kappa shape index (κ1) is 16.5. The van der Waals surface area contributed by atoms with Gasteiger partial charge in [-0.25, -0.2) is 4.79 Å². The van der Waals surface area contributed by atoms with E-state index in [2.05, 4.69) is 20.8 Å². The van der Waals surface area contributed by atoms with Gasteiger partial charge in [-0.15, -0.1) is 10.2 Å². The molecule has 0 bridgehead atoms. The largest absolute Gasteiger partial charge is 0.494 e. The number of amides is 2. The highest BCUT2D eigenvalue weighted by atomic mass is 16.5. The van der Waals surface area contributed by atoms with E-state index in [0.717, 1.165) is 5.69 Å². The highest BCUT2D eigenvalue weighted by Gasteiger charge is 2.08. The number of nitrogens with zero attached hydrogens (tertiary/aromatic N) is 3. The minimum absolute atomic E-state index is 0.256. The van der Waals surface area contributed by atoms with Crippen LogP contribution in [0.15, 0.2) is 60.9 Å². The lowest BCUT2D eigenvalue weighted by molar-refractivity contribution is 0.251. The van der Waals surface area contributed by atoms with E-state index in [9.17, 15) is 4.79 Å². The van der Waals surface area contributed by atoms with Gasteiger partial charge in [-0.3, -0.25) is 4.57 Å². The number of benzene rings is 2. The zero-order valence-corrected chi connectivity index (χ0v) is 13.8. The zero-order valence-electron chi connectivity index (χ0n) is 13.8. The van der Waals surface area contributed by atoms with Gasteiger partial charge in [-0.2, -0.15) is 0 Å². The van der Waals surface area contributed by atoms with Crippen molar-refractivity contribution >= 4 is 11.7 Å². The second kappa shape index (κ2) is 7.96. The lowest BCUT2D eigenvalue weighted by atomic mass is 10.3. The van der Waals surface area contributed by atoms with Gasteiger partial charge in [0, 0.05) is 17.4 Å². The summed E-state index contributed by atoms with van der Waals surface area (Å²) >= 11 is 0. The van der Waals surface area contributed by atoms with Crippen molar-refractivity contribution in [2.45, 2.75) is 13.5 Å². The third-order valence-electron chi connectivity index (χ3n) is 3.46. The Bertz CT molecular complexity index is 832. The number of hydrogen-bond donors (Lipinski definition) is 2. The Balaban J connectivity index is 1.60. The molecule has 0 unspecified atom stereocenters. The number of hydrogen-bond acceptors (Lipinski definition) is 4. The monoisotopic (exact) mass is 337 g/mol. The van der Waals surface area contributed by atoms with E-state index in [4.69, 9.17) is 4.74 Å². The Kier molecular flexibility index (Phi) is 5.26. The molecule has 7 heteroatoms. The highest BCUT2D eigenvalue weighted by Crippen LogP contribution is 2.17. The first-order chi connectivity index (χ1) is 12.3. The normalized spacial score (nSPS) is 10.3. The second-order valence-corrected chi connectivity index (χ2v) is 5.22. The molecule has 0 saturated carbocycles. The lowest BCUT2D eigenvalue weighted by Crippen LogP contribution is -2.29. The fraction of sp³-hybridized carbons (Fsp3) is 0.167. The maximum absolute atomic E-state index is 12.1. The van der Waals surface area contributed by atoms with Gasteiger partial charge < -0.3 is 15.4 Å². The molecule has 2 N–H and O–H groups in total. The molecule has 1 heterocycles. The highest BCUT2D eigenvalue weighted by molar-refractivity contribution is 5.89. The van der Waals surface area contributed by atoms with Crippen LogP contribution in [0.4, 0.5) is 10.5 Å². The van der Waals surface area contributed by atoms with Crippen LogP contribution < -0.4 is 15.4 Å². The lowest BCUT2D eigenvalue weighted by Gasteiger charge is -2.10. The van der Waals surface area contributed by atoms with Gasteiger partial charge in [-0.05, 0) is 31.2 Å². The van der Waals surface area contributed by atoms with Crippen LogP contribution >= 0.6 is 0 Å². The number of ether oxygens (including phenoxy) is 1. The minimum Gasteiger partial charge on any atom is -0.494 e. The quantitative estimate of drug-likeness (QED) is 0.724. The molecule has 1 aromatic heterocycles. The van der Waals surface area contributed by atoms with Crippen molar-refractivity contribution in [2.75, 3.05) is 11.9 Å². The number of carbonyl (C=O) groups excluding carboxylic acids is 1. The maximum atomic E-state index is 12.1. The maximum Gasteiger partial charge on any atom is 0.319 e. The van der Waals surface area contributed by atoms with Crippen molar-refractivity contribution in [1.82, 2.24) is 20.1 Å². The minimum atomic E-state index is -0.323. The predicted molar refractivity (Wildman–Crippen MR) is 94.8 cm³/mol. The van der Waals surface area contributed by atoms with Crippen molar-refractivity contribution in [2.24, 2.45) is 0 Å². The molecule has 0 aliphatic rings. The van der Waals surface area contributed by atoms with Gasteiger partial charge in [0.1, 0.15) is 12.1 Å². The molecule has 2 aromatic carbocycles.